The Morgan fingerprint density at radius 2 is 2.31 bits per heavy atom. The van der Waals surface area contributed by atoms with Gasteiger partial charge >= 0.3 is 5.97 Å². The minimum atomic E-state index is -0.944. The molecular weight excluding hydrogens is 175 g/mol. The second-order valence-corrected chi connectivity index (χ2v) is 2.36. The first-order chi connectivity index (χ1) is 6.16. The van der Waals surface area contributed by atoms with E-state index in [9.17, 15) is 9.18 Å². The molecule has 0 aromatic heterocycles. The molecule has 1 rings (SSSR count). The molecule has 4 heteroatoms. The van der Waals surface area contributed by atoms with Crippen molar-refractivity contribution in [1.82, 2.24) is 0 Å². The summed E-state index contributed by atoms with van der Waals surface area (Å²) in [6, 6.07) is 3.80. The van der Waals surface area contributed by atoms with Crippen LogP contribution in [0.1, 0.15) is 17.3 Å². The van der Waals surface area contributed by atoms with E-state index in [1.54, 1.807) is 6.92 Å². The van der Waals surface area contributed by atoms with E-state index in [0.717, 1.165) is 6.07 Å². The molecule has 3 nitrogen and oxygen atoms in total. The van der Waals surface area contributed by atoms with Gasteiger partial charge in [0, 0.05) is 0 Å². The summed E-state index contributed by atoms with van der Waals surface area (Å²) in [4.78, 5) is 11.0. The number of esters is 1. The zero-order valence-electron chi connectivity index (χ0n) is 7.08. The maximum absolute atomic E-state index is 13.0. The average Bonchev–Trinajstić information content (AvgIpc) is 2.10. The number of halogens is 1. The molecule has 0 heterocycles. The van der Waals surface area contributed by atoms with E-state index < -0.39 is 17.5 Å². The molecule has 0 aliphatic carbocycles. The molecule has 0 fully saturated rings. The SMILES string of the molecule is CCOC(=O)c1cccc(O)c1F. The Labute approximate surface area is 74.8 Å². The van der Waals surface area contributed by atoms with Gasteiger partial charge in [-0.05, 0) is 19.1 Å². The summed E-state index contributed by atoms with van der Waals surface area (Å²) >= 11 is 0. The number of rotatable bonds is 2. The molecule has 0 saturated heterocycles. The number of carbonyl (C=O) groups excluding carboxylic acids is 1. The molecular formula is C9H9FO3. The normalized spacial score (nSPS) is 9.69. The molecule has 0 atom stereocenters. The van der Waals surface area contributed by atoms with Gasteiger partial charge in [-0.2, -0.15) is 0 Å². The summed E-state index contributed by atoms with van der Waals surface area (Å²) < 4.78 is 17.6. The minimum absolute atomic E-state index is 0.175. The number of phenols is 1. The van der Waals surface area contributed by atoms with E-state index in [0.29, 0.717) is 0 Å². The van der Waals surface area contributed by atoms with Crippen LogP contribution in [0, 0.1) is 5.82 Å². The van der Waals surface area contributed by atoms with Crippen molar-refractivity contribution in [2.75, 3.05) is 6.61 Å². The molecule has 0 spiro atoms. The highest BCUT2D eigenvalue weighted by Crippen LogP contribution is 2.18. The lowest BCUT2D eigenvalue weighted by molar-refractivity contribution is 0.0520. The summed E-state index contributed by atoms with van der Waals surface area (Å²) in [6.07, 6.45) is 0. The van der Waals surface area contributed by atoms with Crippen molar-refractivity contribution in [3.63, 3.8) is 0 Å². The van der Waals surface area contributed by atoms with Crippen molar-refractivity contribution in [3.8, 4) is 5.75 Å². The first-order valence-corrected chi connectivity index (χ1v) is 3.81. The summed E-state index contributed by atoms with van der Waals surface area (Å²) in [6.45, 7) is 1.80. The van der Waals surface area contributed by atoms with Crippen LogP contribution in [-0.2, 0) is 4.74 Å². The third-order valence-electron chi connectivity index (χ3n) is 1.47. The quantitative estimate of drug-likeness (QED) is 0.711. The van der Waals surface area contributed by atoms with Gasteiger partial charge in [0.05, 0.1) is 12.2 Å². The van der Waals surface area contributed by atoms with Gasteiger partial charge in [0.1, 0.15) is 0 Å². The molecule has 0 saturated carbocycles. The summed E-state index contributed by atoms with van der Waals surface area (Å²) in [5.74, 6) is -2.26. The van der Waals surface area contributed by atoms with Gasteiger partial charge in [-0.15, -0.1) is 0 Å². The van der Waals surface area contributed by atoms with Gasteiger partial charge in [-0.1, -0.05) is 6.07 Å². The number of benzene rings is 1. The van der Waals surface area contributed by atoms with Gasteiger partial charge in [-0.3, -0.25) is 0 Å². The Balaban J connectivity index is 3.01. The summed E-state index contributed by atoms with van der Waals surface area (Å²) in [5.41, 5.74) is -0.248. The number of phenolic OH excluding ortho intramolecular Hbond substituents is 1. The van der Waals surface area contributed by atoms with Crippen LogP contribution in [0.2, 0.25) is 0 Å². The van der Waals surface area contributed by atoms with Crippen LogP contribution in [0.5, 0.6) is 5.75 Å². The maximum atomic E-state index is 13.0. The molecule has 1 N–H and O–H groups in total. The summed E-state index contributed by atoms with van der Waals surface area (Å²) in [5, 5.41) is 8.93. The molecule has 1 aromatic rings. The summed E-state index contributed by atoms with van der Waals surface area (Å²) in [7, 11) is 0. The minimum Gasteiger partial charge on any atom is -0.505 e. The number of ether oxygens (including phenoxy) is 1. The third kappa shape index (κ3) is 1.96. The highest BCUT2D eigenvalue weighted by atomic mass is 19.1. The Morgan fingerprint density at radius 1 is 1.62 bits per heavy atom. The van der Waals surface area contributed by atoms with E-state index in [1.807, 2.05) is 0 Å². The Kier molecular flexibility index (Phi) is 2.84. The molecule has 0 unspecified atom stereocenters. The molecule has 0 aliphatic rings. The highest BCUT2D eigenvalue weighted by Gasteiger charge is 2.14. The molecule has 70 valence electrons. The lowest BCUT2D eigenvalue weighted by Gasteiger charge is -2.03. The second kappa shape index (κ2) is 3.89. The third-order valence-corrected chi connectivity index (χ3v) is 1.47. The van der Waals surface area contributed by atoms with Gasteiger partial charge in [0.15, 0.2) is 11.6 Å². The van der Waals surface area contributed by atoms with Gasteiger partial charge < -0.3 is 9.84 Å². The first kappa shape index (κ1) is 9.51. The molecule has 0 amide bonds. The predicted molar refractivity (Wildman–Crippen MR) is 44.0 cm³/mol. The smallest absolute Gasteiger partial charge is 0.341 e. The largest absolute Gasteiger partial charge is 0.505 e. The van der Waals surface area contributed by atoms with Crippen LogP contribution in [0.15, 0.2) is 18.2 Å². The van der Waals surface area contributed by atoms with Crippen LogP contribution in [0.4, 0.5) is 4.39 Å². The van der Waals surface area contributed by atoms with Crippen molar-refractivity contribution >= 4 is 5.97 Å². The van der Waals surface area contributed by atoms with Crippen molar-refractivity contribution in [2.24, 2.45) is 0 Å². The standard InChI is InChI=1S/C9H9FO3/c1-2-13-9(12)6-4-3-5-7(11)8(6)10/h3-5,11H,2H2,1H3. The van der Waals surface area contributed by atoms with Crippen LogP contribution >= 0.6 is 0 Å². The molecule has 0 aliphatic heterocycles. The fourth-order valence-electron chi connectivity index (χ4n) is 0.886. The Bertz CT molecular complexity index is 323. The fourth-order valence-corrected chi connectivity index (χ4v) is 0.886. The van der Waals surface area contributed by atoms with Gasteiger partial charge in [0.25, 0.3) is 0 Å². The van der Waals surface area contributed by atoms with Crippen molar-refractivity contribution < 1.29 is 19.0 Å². The number of carbonyl (C=O) groups is 1. The maximum Gasteiger partial charge on any atom is 0.341 e. The van der Waals surface area contributed by atoms with Gasteiger partial charge in [0.2, 0.25) is 0 Å². The van der Waals surface area contributed by atoms with Crippen LogP contribution in [-0.4, -0.2) is 17.7 Å². The zero-order chi connectivity index (χ0) is 9.84. The fraction of sp³-hybridized carbons (Fsp3) is 0.222. The zero-order valence-corrected chi connectivity index (χ0v) is 7.08. The number of aromatic hydroxyl groups is 1. The van der Waals surface area contributed by atoms with E-state index >= 15 is 0 Å². The van der Waals surface area contributed by atoms with E-state index in [4.69, 9.17) is 5.11 Å². The Hall–Kier alpha value is -1.58. The highest BCUT2D eigenvalue weighted by molar-refractivity contribution is 5.90. The number of hydrogen-bond donors (Lipinski definition) is 1. The van der Waals surface area contributed by atoms with E-state index in [-0.39, 0.29) is 12.2 Å². The van der Waals surface area contributed by atoms with Crippen LogP contribution in [0.3, 0.4) is 0 Å². The lowest BCUT2D eigenvalue weighted by atomic mass is 10.2. The molecule has 13 heavy (non-hydrogen) atoms. The van der Waals surface area contributed by atoms with Crippen molar-refractivity contribution in [1.29, 1.82) is 0 Å². The molecule has 1 aromatic carbocycles. The first-order valence-electron chi connectivity index (χ1n) is 3.81. The van der Waals surface area contributed by atoms with Crippen LogP contribution in [0.25, 0.3) is 0 Å². The lowest BCUT2D eigenvalue weighted by Crippen LogP contribution is -2.06. The second-order valence-electron chi connectivity index (χ2n) is 2.36. The van der Waals surface area contributed by atoms with Crippen LogP contribution < -0.4 is 0 Å². The monoisotopic (exact) mass is 184 g/mol. The Morgan fingerprint density at radius 3 is 2.92 bits per heavy atom. The van der Waals surface area contributed by atoms with E-state index in [2.05, 4.69) is 4.74 Å². The van der Waals surface area contributed by atoms with Gasteiger partial charge in [-0.25, -0.2) is 9.18 Å². The molecule has 0 bridgehead atoms. The van der Waals surface area contributed by atoms with E-state index in [1.165, 1.54) is 12.1 Å². The topological polar surface area (TPSA) is 46.5 Å². The van der Waals surface area contributed by atoms with Crippen molar-refractivity contribution in [3.05, 3.63) is 29.6 Å². The average molecular weight is 184 g/mol. The van der Waals surface area contributed by atoms with Crippen molar-refractivity contribution in [2.45, 2.75) is 6.92 Å². The predicted octanol–water partition coefficient (Wildman–Crippen LogP) is 1.71. The number of hydrogen-bond acceptors (Lipinski definition) is 3. The molecule has 0 radical (unpaired) electrons.